The van der Waals surface area contributed by atoms with Crippen LogP contribution in [0.4, 0.5) is 5.69 Å². The van der Waals surface area contributed by atoms with Crippen LogP contribution in [0.3, 0.4) is 0 Å². The average Bonchev–Trinajstić information content (AvgIpc) is 3.27. The maximum absolute atomic E-state index is 12.1. The van der Waals surface area contributed by atoms with E-state index in [0.29, 0.717) is 51.3 Å². The predicted octanol–water partition coefficient (Wildman–Crippen LogP) is -0.160. The van der Waals surface area contributed by atoms with Crippen molar-refractivity contribution in [2.75, 3.05) is 46.1 Å². The van der Waals surface area contributed by atoms with E-state index in [9.17, 15) is 24.8 Å². The molecular formula is C18H26N4O9. The number of aliphatic hydroxyl groups excluding tert-OH is 1. The van der Waals surface area contributed by atoms with Gasteiger partial charge in [-0.2, -0.15) is 0 Å². The highest BCUT2D eigenvalue weighted by molar-refractivity contribution is 5.94. The van der Waals surface area contributed by atoms with E-state index in [-0.39, 0.29) is 35.7 Å². The number of carbonyl (C=O) groups is 2. The lowest BCUT2D eigenvalue weighted by Gasteiger charge is -2.10. The molecule has 13 heteroatoms. The summed E-state index contributed by atoms with van der Waals surface area (Å²) in [5, 5.41) is 26.6. The monoisotopic (exact) mass is 442 g/mol. The lowest BCUT2D eigenvalue weighted by Crippen LogP contribution is -2.28. The minimum atomic E-state index is -0.604. The van der Waals surface area contributed by atoms with Crippen LogP contribution in [-0.4, -0.2) is 73.4 Å². The van der Waals surface area contributed by atoms with Crippen molar-refractivity contribution in [1.29, 1.82) is 0 Å². The molecule has 1 aliphatic heterocycles. The number of ether oxygens (including phenoxy) is 1. The van der Waals surface area contributed by atoms with E-state index in [0.717, 1.165) is 0 Å². The zero-order valence-corrected chi connectivity index (χ0v) is 16.9. The van der Waals surface area contributed by atoms with E-state index in [1.165, 1.54) is 18.2 Å². The van der Waals surface area contributed by atoms with Gasteiger partial charge in [0.05, 0.1) is 36.7 Å². The lowest BCUT2D eigenvalue weighted by atomic mass is 10.1. The molecule has 13 nitrogen and oxygen atoms in total. The first-order valence-electron chi connectivity index (χ1n) is 9.73. The minimum Gasteiger partial charge on any atom is -0.391 e. The second-order valence-corrected chi connectivity index (χ2v) is 6.33. The van der Waals surface area contributed by atoms with Crippen LogP contribution in [0, 0.1) is 10.1 Å². The Labute approximate surface area is 178 Å². The van der Waals surface area contributed by atoms with Gasteiger partial charge in [0.1, 0.15) is 18.6 Å². The normalized spacial score (nSPS) is 13.8. The maximum Gasteiger partial charge on any atom is 0.333 e. The Morgan fingerprint density at radius 1 is 1.19 bits per heavy atom. The third kappa shape index (κ3) is 8.92. The van der Waals surface area contributed by atoms with Crippen molar-refractivity contribution < 1.29 is 38.9 Å². The van der Waals surface area contributed by atoms with E-state index in [1.807, 2.05) is 0 Å². The third-order valence-electron chi connectivity index (χ3n) is 4.05. The second kappa shape index (κ2) is 13.6. The highest BCUT2D eigenvalue weighted by Crippen LogP contribution is 2.20. The third-order valence-corrected chi connectivity index (χ3v) is 4.05. The smallest absolute Gasteiger partial charge is 0.333 e. The Morgan fingerprint density at radius 2 is 1.97 bits per heavy atom. The molecule has 1 aliphatic rings. The van der Waals surface area contributed by atoms with E-state index < -0.39 is 17.5 Å². The first-order valence-corrected chi connectivity index (χ1v) is 9.73. The van der Waals surface area contributed by atoms with Gasteiger partial charge >= 0.3 is 5.97 Å². The predicted molar refractivity (Wildman–Crippen MR) is 104 cm³/mol. The zero-order valence-electron chi connectivity index (χ0n) is 16.9. The van der Waals surface area contributed by atoms with E-state index in [2.05, 4.69) is 10.6 Å². The van der Waals surface area contributed by atoms with Gasteiger partial charge in [-0.15, -0.1) is 0 Å². The number of nitrogens with zero attached hydrogens (tertiary/aromatic N) is 2. The number of nitro groups is 1. The summed E-state index contributed by atoms with van der Waals surface area (Å²) in [5.74, 6) is -0.894. The molecule has 1 heterocycles. The van der Waals surface area contributed by atoms with Crippen LogP contribution in [0.2, 0.25) is 0 Å². The molecular weight excluding hydrogens is 416 g/mol. The number of rotatable bonds is 14. The Hall–Kier alpha value is -2.68. The first-order chi connectivity index (χ1) is 15.0. The Morgan fingerprint density at radius 3 is 2.68 bits per heavy atom. The molecule has 31 heavy (non-hydrogen) atoms. The van der Waals surface area contributed by atoms with Gasteiger partial charge in [0.2, 0.25) is 0 Å². The van der Waals surface area contributed by atoms with Gasteiger partial charge in [0.25, 0.3) is 11.6 Å². The molecule has 0 bridgehead atoms. The lowest BCUT2D eigenvalue weighted by molar-refractivity contribution is -0.460. The van der Waals surface area contributed by atoms with Crippen LogP contribution in [-0.2, 0) is 30.7 Å². The van der Waals surface area contributed by atoms with Gasteiger partial charge in [-0.05, 0) is 25.1 Å². The van der Waals surface area contributed by atoms with Gasteiger partial charge in [0.15, 0.2) is 0 Å². The second-order valence-electron chi connectivity index (χ2n) is 6.33. The summed E-state index contributed by atoms with van der Waals surface area (Å²) < 4.78 is 5.32. The molecule has 0 saturated carbocycles. The van der Waals surface area contributed by atoms with Crippen molar-refractivity contribution in [3.8, 4) is 0 Å². The van der Waals surface area contributed by atoms with Crippen LogP contribution in [0.15, 0.2) is 18.2 Å². The minimum absolute atomic E-state index is 0.0654. The maximum atomic E-state index is 12.1. The summed E-state index contributed by atoms with van der Waals surface area (Å²) in [6, 6.07) is 3.86. The molecule has 0 aromatic heterocycles. The van der Waals surface area contributed by atoms with E-state index in [4.69, 9.17) is 19.2 Å². The number of aliphatic hydroxyl groups is 1. The fraction of sp³-hybridized carbons (Fsp3) is 0.556. The Bertz CT molecular complexity index is 741. The molecule has 172 valence electrons. The van der Waals surface area contributed by atoms with Crippen LogP contribution in [0.5, 0.6) is 0 Å². The van der Waals surface area contributed by atoms with E-state index >= 15 is 0 Å². The quantitative estimate of drug-likeness (QED) is 0.199. The van der Waals surface area contributed by atoms with Crippen molar-refractivity contribution in [1.82, 2.24) is 16.0 Å². The summed E-state index contributed by atoms with van der Waals surface area (Å²) in [7, 11) is 0. The average molecular weight is 442 g/mol. The molecule has 1 amide bonds. The van der Waals surface area contributed by atoms with Crippen LogP contribution < -0.4 is 10.6 Å². The summed E-state index contributed by atoms with van der Waals surface area (Å²) in [5.41, 5.74) is 0.111. The SMILES string of the molecule is O=C(CCOCCNCCCNC(=O)c1ccc([N+](=O)[O-])c(CO)c1)ON1OCCO1. The molecule has 1 aromatic rings. The molecule has 3 N–H and O–H groups in total. The first kappa shape index (κ1) is 24.6. The van der Waals surface area contributed by atoms with Crippen molar-refractivity contribution in [2.24, 2.45) is 0 Å². The van der Waals surface area contributed by atoms with Gasteiger partial charge in [-0.1, -0.05) is 0 Å². The number of carbonyl (C=O) groups excluding carboxylic acids is 2. The van der Waals surface area contributed by atoms with Gasteiger partial charge in [-0.3, -0.25) is 19.7 Å². The van der Waals surface area contributed by atoms with Gasteiger partial charge in [-0.25, -0.2) is 9.68 Å². The number of nitrogens with one attached hydrogen (secondary N) is 2. The van der Waals surface area contributed by atoms with Crippen molar-refractivity contribution >= 4 is 17.6 Å². The van der Waals surface area contributed by atoms with Crippen LogP contribution in [0.1, 0.15) is 28.8 Å². The Balaban J connectivity index is 1.48. The Kier molecular flexibility index (Phi) is 10.8. The number of hydrogen-bond donors (Lipinski definition) is 3. The van der Waals surface area contributed by atoms with Crippen molar-refractivity contribution in [2.45, 2.75) is 19.4 Å². The molecule has 1 saturated heterocycles. The fourth-order valence-corrected chi connectivity index (χ4v) is 2.52. The number of nitro benzene ring substituents is 1. The van der Waals surface area contributed by atoms with Gasteiger partial charge in [0, 0.05) is 24.7 Å². The summed E-state index contributed by atoms with van der Waals surface area (Å²) in [6.45, 7) is 2.37. The van der Waals surface area contributed by atoms with Crippen LogP contribution >= 0.6 is 0 Å². The van der Waals surface area contributed by atoms with Crippen molar-refractivity contribution in [3.05, 3.63) is 39.4 Å². The fourth-order valence-electron chi connectivity index (χ4n) is 2.52. The summed E-state index contributed by atoms with van der Waals surface area (Å²) in [4.78, 5) is 48.2. The molecule has 0 spiro atoms. The molecule has 0 atom stereocenters. The zero-order chi connectivity index (χ0) is 22.5. The van der Waals surface area contributed by atoms with Crippen molar-refractivity contribution in [3.63, 3.8) is 0 Å². The van der Waals surface area contributed by atoms with Crippen LogP contribution in [0.25, 0.3) is 0 Å². The molecule has 0 unspecified atom stereocenters. The van der Waals surface area contributed by atoms with E-state index in [1.54, 1.807) is 0 Å². The number of amides is 1. The molecule has 0 radical (unpaired) electrons. The molecule has 1 aromatic carbocycles. The largest absolute Gasteiger partial charge is 0.391 e. The summed E-state index contributed by atoms with van der Waals surface area (Å²) >= 11 is 0. The standard InChI is InChI=1S/C18H26N4O9/c23-13-15-12-14(2-3-16(15)21(26)27)18(25)20-6-1-5-19-7-9-28-8-4-17(24)31-22-29-10-11-30-22/h2-3,12,19,23H,1,4-11,13H2,(H,20,25). The molecule has 2 rings (SSSR count). The topological polar surface area (TPSA) is 162 Å². The number of hydrogen-bond acceptors (Lipinski definition) is 11. The molecule has 0 aliphatic carbocycles. The van der Waals surface area contributed by atoms with Gasteiger partial charge < -0.3 is 25.3 Å². The highest BCUT2D eigenvalue weighted by atomic mass is 17.2. The number of benzene rings is 1. The highest BCUT2D eigenvalue weighted by Gasteiger charge is 2.19. The summed E-state index contributed by atoms with van der Waals surface area (Å²) in [6.07, 6.45) is 0.726. The molecule has 1 fully saturated rings.